The number of nitriles is 1. The summed E-state index contributed by atoms with van der Waals surface area (Å²) >= 11 is 0. The molecule has 3 heterocycles. The normalized spacial score (nSPS) is 19.3. The molecule has 2 aliphatic heterocycles. The molecular formula is C19H21N5O. The smallest absolute Gasteiger partial charge is 0.251 e. The zero-order valence-electron chi connectivity index (χ0n) is 14.1. The zero-order valence-corrected chi connectivity index (χ0v) is 14.1. The van der Waals surface area contributed by atoms with Gasteiger partial charge >= 0.3 is 0 Å². The summed E-state index contributed by atoms with van der Waals surface area (Å²) in [4.78, 5) is 19.1. The number of carbonyl (C=O) groups excluding carboxylic acids is 1. The molecule has 0 saturated carbocycles. The van der Waals surface area contributed by atoms with Crippen LogP contribution in [0.15, 0.2) is 30.6 Å². The minimum absolute atomic E-state index is 0.0954. The average molecular weight is 335 g/mol. The van der Waals surface area contributed by atoms with E-state index in [4.69, 9.17) is 0 Å². The molecule has 1 amide bonds. The first-order valence-electron chi connectivity index (χ1n) is 8.84. The van der Waals surface area contributed by atoms with Crippen LogP contribution in [0, 0.1) is 11.3 Å². The van der Waals surface area contributed by atoms with Crippen LogP contribution in [0.2, 0.25) is 0 Å². The molecule has 6 nitrogen and oxygen atoms in total. The Morgan fingerprint density at radius 3 is 2.96 bits per heavy atom. The van der Waals surface area contributed by atoms with Gasteiger partial charge in [0.1, 0.15) is 11.9 Å². The predicted octanol–water partition coefficient (Wildman–Crippen LogP) is 2.10. The fourth-order valence-corrected chi connectivity index (χ4v) is 3.75. The van der Waals surface area contributed by atoms with E-state index in [9.17, 15) is 10.1 Å². The molecule has 1 atom stereocenters. The van der Waals surface area contributed by atoms with Crippen molar-refractivity contribution in [1.29, 1.82) is 5.26 Å². The Bertz CT molecular complexity index is 829. The number of hydrogen-bond donors (Lipinski definition) is 1. The largest absolute Gasteiger partial charge is 0.370 e. The second-order valence-corrected chi connectivity index (χ2v) is 6.74. The summed E-state index contributed by atoms with van der Waals surface area (Å²) in [5.41, 5.74) is 2.07. The molecule has 0 radical (unpaired) electrons. The highest BCUT2D eigenvalue weighted by molar-refractivity contribution is 5.95. The number of carbonyl (C=O) groups is 1. The lowest BCUT2D eigenvalue weighted by atomic mass is 10.0. The van der Waals surface area contributed by atoms with Gasteiger partial charge in [-0.1, -0.05) is 0 Å². The average Bonchev–Trinajstić information content (AvgIpc) is 3.32. The Morgan fingerprint density at radius 1 is 1.32 bits per heavy atom. The van der Waals surface area contributed by atoms with Crippen molar-refractivity contribution in [3.8, 4) is 6.07 Å². The number of rotatable bonds is 3. The van der Waals surface area contributed by atoms with Crippen LogP contribution >= 0.6 is 0 Å². The topological polar surface area (TPSA) is 74.0 Å². The van der Waals surface area contributed by atoms with Crippen LogP contribution < -0.4 is 10.2 Å². The third-order valence-corrected chi connectivity index (χ3v) is 5.10. The highest BCUT2D eigenvalue weighted by Gasteiger charge is 2.22. The molecule has 0 bridgehead atoms. The van der Waals surface area contributed by atoms with Gasteiger partial charge in [0, 0.05) is 50.1 Å². The van der Waals surface area contributed by atoms with E-state index in [1.165, 1.54) is 0 Å². The van der Waals surface area contributed by atoms with Crippen molar-refractivity contribution in [2.75, 3.05) is 18.0 Å². The van der Waals surface area contributed by atoms with E-state index in [-0.39, 0.29) is 11.9 Å². The summed E-state index contributed by atoms with van der Waals surface area (Å²) in [5, 5.41) is 12.6. The van der Waals surface area contributed by atoms with Gasteiger partial charge in [-0.3, -0.25) is 4.79 Å². The molecule has 1 N–H and O–H groups in total. The molecule has 1 saturated heterocycles. The Balaban J connectivity index is 1.48. The number of fused-ring (bicyclic) bond motifs is 1. The molecular weight excluding hydrogens is 314 g/mol. The van der Waals surface area contributed by atoms with Crippen LogP contribution in [0.25, 0.3) is 0 Å². The lowest BCUT2D eigenvalue weighted by Crippen LogP contribution is -2.40. The van der Waals surface area contributed by atoms with Crippen LogP contribution in [-0.2, 0) is 13.0 Å². The molecule has 4 rings (SSSR count). The van der Waals surface area contributed by atoms with E-state index in [2.05, 4.69) is 25.8 Å². The van der Waals surface area contributed by atoms with E-state index >= 15 is 0 Å². The molecule has 1 aromatic heterocycles. The Hall–Kier alpha value is -2.81. The van der Waals surface area contributed by atoms with E-state index < -0.39 is 0 Å². The Morgan fingerprint density at radius 2 is 2.16 bits per heavy atom. The van der Waals surface area contributed by atoms with Crippen LogP contribution in [-0.4, -0.2) is 34.6 Å². The molecule has 2 aliphatic rings. The van der Waals surface area contributed by atoms with Crippen molar-refractivity contribution < 1.29 is 4.79 Å². The molecule has 0 aliphatic carbocycles. The lowest BCUT2D eigenvalue weighted by Gasteiger charge is -2.25. The van der Waals surface area contributed by atoms with Crippen molar-refractivity contribution in [2.45, 2.75) is 38.3 Å². The number of anilines is 1. The fourth-order valence-electron chi connectivity index (χ4n) is 3.75. The number of benzene rings is 1. The van der Waals surface area contributed by atoms with Crippen LogP contribution in [0.4, 0.5) is 5.69 Å². The van der Waals surface area contributed by atoms with Crippen molar-refractivity contribution in [3.63, 3.8) is 0 Å². The maximum absolute atomic E-state index is 12.6. The zero-order chi connectivity index (χ0) is 17.2. The maximum atomic E-state index is 12.6. The van der Waals surface area contributed by atoms with Crippen molar-refractivity contribution in [3.05, 3.63) is 47.5 Å². The van der Waals surface area contributed by atoms with Crippen molar-refractivity contribution in [2.24, 2.45) is 0 Å². The first-order chi connectivity index (χ1) is 12.2. The van der Waals surface area contributed by atoms with E-state index in [0.29, 0.717) is 11.1 Å². The van der Waals surface area contributed by atoms with Gasteiger partial charge in [-0.15, -0.1) is 0 Å². The summed E-state index contributed by atoms with van der Waals surface area (Å²) in [6, 6.07) is 7.80. The summed E-state index contributed by atoms with van der Waals surface area (Å²) in [7, 11) is 0. The van der Waals surface area contributed by atoms with Crippen LogP contribution in [0.5, 0.6) is 0 Å². The number of nitrogens with one attached hydrogen (secondary N) is 1. The van der Waals surface area contributed by atoms with Crippen LogP contribution in [0.3, 0.4) is 0 Å². The number of imidazole rings is 1. The SMILES string of the molecule is N#Cc1cc(C(=O)NC2CCc3nccn3C2)ccc1N1CCCC1. The first kappa shape index (κ1) is 15.7. The molecule has 1 aromatic carbocycles. The fraction of sp³-hybridized carbons (Fsp3) is 0.421. The van der Waals surface area contributed by atoms with Crippen LogP contribution in [0.1, 0.15) is 41.0 Å². The third-order valence-electron chi connectivity index (χ3n) is 5.10. The monoisotopic (exact) mass is 335 g/mol. The summed E-state index contributed by atoms with van der Waals surface area (Å²) in [6.45, 7) is 2.71. The van der Waals surface area contributed by atoms with Gasteiger partial charge in [0.25, 0.3) is 5.91 Å². The predicted molar refractivity (Wildman–Crippen MR) is 94.4 cm³/mol. The second-order valence-electron chi connectivity index (χ2n) is 6.74. The van der Waals surface area contributed by atoms with Gasteiger partial charge in [-0.25, -0.2) is 4.98 Å². The third kappa shape index (κ3) is 3.10. The van der Waals surface area contributed by atoms with E-state index in [0.717, 1.165) is 56.8 Å². The minimum Gasteiger partial charge on any atom is -0.370 e. The standard InChI is InChI=1S/C19H21N5O/c20-12-15-11-14(3-5-17(15)23-8-1-2-9-23)19(25)22-16-4-6-18-21-7-10-24(18)13-16/h3,5,7,10-11,16H,1-2,4,6,8-9,13H2,(H,22,25). The number of amides is 1. The maximum Gasteiger partial charge on any atom is 0.251 e. The van der Waals surface area contributed by atoms with Gasteiger partial charge in [0.05, 0.1) is 11.3 Å². The van der Waals surface area contributed by atoms with Gasteiger partial charge in [-0.05, 0) is 37.5 Å². The molecule has 128 valence electrons. The molecule has 1 unspecified atom stereocenters. The molecule has 2 aromatic rings. The van der Waals surface area contributed by atoms with Gasteiger partial charge < -0.3 is 14.8 Å². The summed E-state index contributed by atoms with van der Waals surface area (Å²) in [5.74, 6) is 0.963. The minimum atomic E-state index is -0.113. The first-order valence-corrected chi connectivity index (χ1v) is 8.84. The van der Waals surface area contributed by atoms with Gasteiger partial charge in [0.2, 0.25) is 0 Å². The molecule has 25 heavy (non-hydrogen) atoms. The number of hydrogen-bond acceptors (Lipinski definition) is 4. The number of aryl methyl sites for hydroxylation is 1. The summed E-state index contributed by atoms with van der Waals surface area (Å²) in [6.07, 6.45) is 7.83. The van der Waals surface area contributed by atoms with Crippen molar-refractivity contribution in [1.82, 2.24) is 14.9 Å². The Labute approximate surface area is 147 Å². The van der Waals surface area contributed by atoms with E-state index in [1.54, 1.807) is 12.3 Å². The summed E-state index contributed by atoms with van der Waals surface area (Å²) < 4.78 is 2.09. The highest BCUT2D eigenvalue weighted by Crippen LogP contribution is 2.25. The molecule has 0 spiro atoms. The Kier molecular flexibility index (Phi) is 4.14. The molecule has 6 heteroatoms. The van der Waals surface area contributed by atoms with E-state index in [1.807, 2.05) is 18.3 Å². The number of nitrogens with zero attached hydrogens (tertiary/aromatic N) is 4. The lowest BCUT2D eigenvalue weighted by molar-refractivity contribution is 0.0927. The second kappa shape index (κ2) is 6.60. The highest BCUT2D eigenvalue weighted by atomic mass is 16.1. The van der Waals surface area contributed by atoms with Gasteiger partial charge in [0.15, 0.2) is 0 Å². The quantitative estimate of drug-likeness (QED) is 0.932. The van der Waals surface area contributed by atoms with Crippen molar-refractivity contribution >= 4 is 11.6 Å². The number of aromatic nitrogens is 2. The van der Waals surface area contributed by atoms with Gasteiger partial charge in [-0.2, -0.15) is 5.26 Å². The molecule has 1 fully saturated rings.